The largest absolute Gasteiger partial charge is 0.442 e. The average Bonchev–Trinajstić information content (AvgIpc) is 1.95. The number of carbonyl (C=O) groups is 6. The summed E-state index contributed by atoms with van der Waals surface area (Å²) in [5.74, 6) is -4.49. The van der Waals surface area contributed by atoms with Crippen LogP contribution in [0.3, 0.4) is 0 Å². The van der Waals surface area contributed by atoms with Gasteiger partial charge in [0.2, 0.25) is 9.47 Å². The lowest BCUT2D eigenvalue weighted by Crippen LogP contribution is -2.32. The molecule has 3 fully saturated rings. The highest BCUT2D eigenvalue weighted by molar-refractivity contribution is 7.87. The number of cyclic esters (lactones) is 3. The highest BCUT2D eigenvalue weighted by Gasteiger charge is 2.36. The lowest BCUT2D eigenvalue weighted by atomic mass is 10.1. The van der Waals surface area contributed by atoms with Crippen molar-refractivity contribution in [2.75, 3.05) is 88.7 Å². The van der Waals surface area contributed by atoms with Gasteiger partial charge in [-0.15, -0.1) is 10.2 Å². The maximum atomic E-state index is 14.6. The van der Waals surface area contributed by atoms with Gasteiger partial charge >= 0.3 is 18.3 Å². The summed E-state index contributed by atoms with van der Waals surface area (Å²) in [4.78, 5) is 86.8. The number of benzene rings is 3. The lowest BCUT2D eigenvalue weighted by molar-refractivity contribution is 0.101. The number of thiocarbonyl (C=S) groups is 3. The third-order valence-corrected chi connectivity index (χ3v) is 17.8. The molecule has 9 rings (SSSR count). The Bertz CT molecular complexity index is 3610. The lowest BCUT2D eigenvalue weighted by Gasteiger charge is -2.14. The van der Waals surface area contributed by atoms with Crippen LogP contribution in [0.1, 0.15) is 74.1 Å². The Morgan fingerprint density at radius 2 is 0.934 bits per heavy atom. The summed E-state index contributed by atoms with van der Waals surface area (Å²) in [6.07, 6.45) is 4.09. The van der Waals surface area contributed by atoms with Gasteiger partial charge in [-0.1, -0.05) is 81.6 Å². The van der Waals surface area contributed by atoms with Gasteiger partial charge < -0.3 is 35.5 Å². The van der Waals surface area contributed by atoms with E-state index < -0.39 is 104 Å². The molecule has 6 heterocycles. The Labute approximate surface area is 553 Å². The van der Waals surface area contributed by atoms with Gasteiger partial charge in [0.05, 0.1) is 138 Å². The number of thiazole rings is 1. The molecule has 6 atom stereocenters. The molecular weight excluding hydrogens is 1350 g/mol. The first-order valence-electron chi connectivity index (χ1n) is 25.5. The van der Waals surface area contributed by atoms with E-state index in [1.54, 1.807) is 20.8 Å². The fourth-order valence-electron chi connectivity index (χ4n) is 7.83. The van der Waals surface area contributed by atoms with Crippen molar-refractivity contribution in [3.63, 3.8) is 0 Å². The summed E-state index contributed by atoms with van der Waals surface area (Å²) in [6, 6.07) is 14.6. The van der Waals surface area contributed by atoms with E-state index in [-0.39, 0.29) is 90.3 Å². The summed E-state index contributed by atoms with van der Waals surface area (Å²) in [5, 5.41) is 24.3. The molecule has 6 N–H and O–H groups in total. The van der Waals surface area contributed by atoms with Crippen LogP contribution in [0.25, 0.3) is 0 Å². The van der Waals surface area contributed by atoms with Crippen molar-refractivity contribution in [3.8, 4) is 0 Å². The van der Waals surface area contributed by atoms with Gasteiger partial charge in [-0.05, 0) is 87.5 Å². The molecule has 3 aromatic heterocycles. The molecule has 3 aliphatic heterocycles. The number of nitrogens with one attached hydrogen (secondary N) is 6. The number of anilines is 6. The van der Waals surface area contributed by atoms with E-state index in [0.717, 1.165) is 40.9 Å². The Kier molecular flexibility index (Phi) is 28.7. The van der Waals surface area contributed by atoms with Crippen LogP contribution in [-0.4, -0.2) is 160 Å². The second kappa shape index (κ2) is 34.5. The fraction of sp³-hybridized carbons (Fsp3) is 0.327. The molecular formula is C55H64F3N13O12S8. The van der Waals surface area contributed by atoms with Crippen molar-refractivity contribution in [2.45, 2.75) is 74.9 Å². The van der Waals surface area contributed by atoms with Crippen LogP contribution in [-0.2, 0) is 46.6 Å². The molecule has 490 valence electrons. The predicted octanol–water partition coefficient (Wildman–Crippen LogP) is 8.84. The maximum absolute atomic E-state index is 14.6. The molecule has 25 nitrogen and oxygen atoms in total. The van der Waals surface area contributed by atoms with E-state index in [2.05, 4.69) is 52.1 Å². The second-order valence-electron chi connectivity index (χ2n) is 18.6. The molecule has 0 spiro atoms. The fourth-order valence-corrected chi connectivity index (χ4v) is 11.3. The monoisotopic (exact) mass is 1410 g/mol. The number of amides is 6. The maximum Gasteiger partial charge on any atom is 0.414 e. The number of hydrogen-bond acceptors (Lipinski definition) is 21. The van der Waals surface area contributed by atoms with Crippen LogP contribution in [0, 0.1) is 17.5 Å². The molecule has 3 aromatic carbocycles. The van der Waals surface area contributed by atoms with Gasteiger partial charge in [0.25, 0.3) is 17.7 Å². The number of rotatable bonds is 18. The zero-order valence-electron chi connectivity index (χ0n) is 46.9. The van der Waals surface area contributed by atoms with E-state index in [4.69, 9.17) is 50.9 Å². The normalized spacial score (nSPS) is 16.3. The molecule has 6 aromatic rings. The Morgan fingerprint density at radius 3 is 1.25 bits per heavy atom. The van der Waals surface area contributed by atoms with Crippen LogP contribution < -0.4 is 46.6 Å². The first-order chi connectivity index (χ1) is 41.7. The minimum atomic E-state index is -1.33. The van der Waals surface area contributed by atoms with Crippen LogP contribution in [0.2, 0.25) is 0 Å². The van der Waals surface area contributed by atoms with Gasteiger partial charge in [-0.2, -0.15) is 0 Å². The minimum absolute atomic E-state index is 0. The van der Waals surface area contributed by atoms with Gasteiger partial charge in [0, 0.05) is 18.8 Å². The third kappa shape index (κ3) is 21.1. The molecule has 36 heteroatoms. The second-order valence-corrected chi connectivity index (χ2v) is 27.0. The van der Waals surface area contributed by atoms with Crippen molar-refractivity contribution in [1.82, 2.24) is 36.1 Å². The van der Waals surface area contributed by atoms with Gasteiger partial charge in [-0.25, -0.2) is 37.5 Å². The van der Waals surface area contributed by atoms with Crippen LogP contribution in [0.5, 0.6) is 0 Å². The summed E-state index contributed by atoms with van der Waals surface area (Å²) in [6.45, 7) is 6.92. The molecule has 3 unspecified atom stereocenters. The summed E-state index contributed by atoms with van der Waals surface area (Å²) in [5.41, 5.74) is 0.547. The van der Waals surface area contributed by atoms with E-state index in [9.17, 15) is 54.6 Å². The summed E-state index contributed by atoms with van der Waals surface area (Å²) in [7, 11) is -3.79. The number of aromatic nitrogens is 4. The van der Waals surface area contributed by atoms with Gasteiger partial charge in [0.1, 0.15) is 45.0 Å². The molecule has 91 heavy (non-hydrogen) atoms. The Balaban J connectivity index is 0.000000287. The summed E-state index contributed by atoms with van der Waals surface area (Å²) < 4.78 is 94.2. The Morgan fingerprint density at radius 1 is 0.538 bits per heavy atom. The molecule has 0 aliphatic carbocycles. The molecule has 3 saturated heterocycles. The molecule has 3 aliphatic rings. The van der Waals surface area contributed by atoms with E-state index in [1.807, 2.05) is 0 Å². The highest BCUT2D eigenvalue weighted by atomic mass is 32.2. The zero-order chi connectivity index (χ0) is 64.1. The van der Waals surface area contributed by atoms with Gasteiger partial charge in [0.15, 0.2) is 5.13 Å². The quantitative estimate of drug-likeness (QED) is 0.0266. The van der Waals surface area contributed by atoms with Crippen molar-refractivity contribution in [1.29, 1.82) is 0 Å². The topological polar surface area (TPSA) is 315 Å². The molecule has 0 radical (unpaired) electrons. The van der Waals surface area contributed by atoms with Crippen LogP contribution >= 0.6 is 59.3 Å². The Hall–Kier alpha value is -7.87. The van der Waals surface area contributed by atoms with Crippen molar-refractivity contribution in [2.24, 2.45) is 0 Å². The van der Waals surface area contributed by atoms with Crippen molar-refractivity contribution < 1.29 is 68.8 Å². The number of ether oxygens (including phenoxy) is 3. The molecule has 0 bridgehead atoms. The SMILES string of the molecule is C.C.C.CC(=S)NC[C@H]1CN(c2ccc(C(=O)Nc3ccc(S(C)=O)nc3)c(F)c2)C(=O)O1.CC(=S)NC[C@H]1CN(c2ccc(C(=O)Nc3ncc(S(C)=O)s3)c(F)c2)C(=O)O1.CC(=S)NC[C@H]1CN(c2ccc(C(=O)Nc3nnc(S(C)=O)s3)c(F)c2)C(=O)O1. The summed E-state index contributed by atoms with van der Waals surface area (Å²) >= 11 is 16.8. The van der Waals surface area contributed by atoms with Crippen LogP contribution in [0.15, 0.2) is 92.7 Å². The number of nitrogens with zero attached hydrogens (tertiary/aromatic N) is 7. The number of halogens is 3. The number of hydrogen-bond donors (Lipinski definition) is 6. The van der Waals surface area contributed by atoms with E-state index in [0.29, 0.717) is 49.5 Å². The van der Waals surface area contributed by atoms with Crippen LogP contribution in [0.4, 0.5) is 60.6 Å². The minimum Gasteiger partial charge on any atom is -0.442 e. The first kappa shape index (κ1) is 75.6. The molecule has 6 amide bonds. The predicted molar refractivity (Wildman–Crippen MR) is 358 cm³/mol. The van der Waals surface area contributed by atoms with Crippen molar-refractivity contribution >= 4 is 176 Å². The average molecular weight is 1410 g/mol. The van der Waals surface area contributed by atoms with E-state index in [1.165, 1.54) is 94.4 Å². The standard InChI is InChI=1S/C19H19FN4O4S2.C17H17FN4O4S3.C16H16FN5O4S3.3CH4/c1-11(29)21-9-14-10-24(19(26)28-14)13-4-5-15(16(20)7-13)18(25)23-12-3-6-17(22-8-12)30(2)27;1-9(27)19-6-11-8-22(17(24)26-11)10-3-4-12(13(18)5-10)15(23)21-16-20-7-14(28-16)29(2)25;1-8(27)18-6-10-7-22(16(24)26-10)9-3-4-11(12(17)5-9)13(23)19-14-20-21-15(28-14)29(2)25;;;/h3-8,14H,9-10H2,1-2H3,(H,21,29)(H,23,25);3-5,7,11H,6,8H2,1-2H3,(H,19,27)(H,20,21,23);3-5,10H,6-7H2,1-2H3,(H,18,27)(H,19,20,23);3*1H4/t14-,30?;11-,29?;10-,29?;;;/m000.../s1. The highest BCUT2D eigenvalue weighted by Crippen LogP contribution is 2.29. The number of carbonyl (C=O) groups excluding carboxylic acids is 6. The van der Waals surface area contributed by atoms with E-state index >= 15 is 0 Å². The first-order valence-corrected chi connectivity index (χ1v) is 33.0. The molecule has 0 saturated carbocycles. The smallest absolute Gasteiger partial charge is 0.414 e. The van der Waals surface area contributed by atoms with Gasteiger partial charge in [-0.3, -0.25) is 52.3 Å². The number of pyridine rings is 1. The third-order valence-electron chi connectivity index (χ3n) is 12.0. The zero-order valence-corrected chi connectivity index (χ0v) is 53.4. The van der Waals surface area contributed by atoms with Crippen molar-refractivity contribution in [3.05, 3.63) is 113 Å².